The lowest BCUT2D eigenvalue weighted by Gasteiger charge is -2.39. The molecule has 0 spiro atoms. The van der Waals surface area contributed by atoms with E-state index < -0.39 is 0 Å². The molecule has 2 fully saturated rings. The van der Waals surface area contributed by atoms with Crippen molar-refractivity contribution in [2.75, 3.05) is 19.7 Å². The van der Waals surface area contributed by atoms with E-state index in [9.17, 15) is 4.79 Å². The maximum absolute atomic E-state index is 10.9. The number of hydrogen-bond donors (Lipinski definition) is 1. The average Bonchev–Trinajstić information content (AvgIpc) is 2.30. The van der Waals surface area contributed by atoms with E-state index in [1.54, 1.807) is 6.92 Å². The van der Waals surface area contributed by atoms with E-state index in [2.05, 4.69) is 10.2 Å². The minimum absolute atomic E-state index is 0.0902. The highest BCUT2D eigenvalue weighted by atomic mass is 16.5. The van der Waals surface area contributed by atoms with E-state index in [1.165, 1.54) is 19.3 Å². The standard InChI is InChI=1S/C12H22N2O2/c1-10(15)13-11-5-7-14(8-6-11)12-4-2-3-9-16-12/h11-12H,2-9H2,1H3,(H,13,15). The molecule has 1 amide bonds. The molecule has 2 aliphatic heterocycles. The molecule has 2 saturated heterocycles. The van der Waals surface area contributed by atoms with Gasteiger partial charge in [-0.3, -0.25) is 9.69 Å². The summed E-state index contributed by atoms with van der Waals surface area (Å²) in [6, 6.07) is 0.373. The van der Waals surface area contributed by atoms with Gasteiger partial charge in [0.05, 0.1) is 0 Å². The fourth-order valence-corrected chi connectivity index (χ4v) is 2.63. The van der Waals surface area contributed by atoms with Gasteiger partial charge in [-0.15, -0.1) is 0 Å². The first-order valence-corrected chi connectivity index (χ1v) is 6.38. The minimum atomic E-state index is 0.0902. The molecular formula is C12H22N2O2. The molecule has 0 aromatic rings. The SMILES string of the molecule is CC(=O)NC1CCN(C2CCCCO2)CC1. The van der Waals surface area contributed by atoms with Crippen LogP contribution >= 0.6 is 0 Å². The van der Waals surface area contributed by atoms with Gasteiger partial charge in [-0.05, 0) is 32.1 Å². The Hall–Kier alpha value is -0.610. The van der Waals surface area contributed by atoms with Crippen LogP contribution in [0.4, 0.5) is 0 Å². The van der Waals surface area contributed by atoms with Crippen molar-refractivity contribution >= 4 is 5.91 Å². The zero-order valence-corrected chi connectivity index (χ0v) is 10.1. The summed E-state index contributed by atoms with van der Waals surface area (Å²) in [5.74, 6) is 0.0902. The van der Waals surface area contributed by atoms with E-state index in [0.717, 1.165) is 32.5 Å². The van der Waals surface area contributed by atoms with Gasteiger partial charge in [0.15, 0.2) is 0 Å². The van der Waals surface area contributed by atoms with Crippen LogP contribution in [-0.2, 0) is 9.53 Å². The van der Waals surface area contributed by atoms with Crippen molar-refractivity contribution in [2.45, 2.75) is 51.3 Å². The molecule has 4 nitrogen and oxygen atoms in total. The van der Waals surface area contributed by atoms with Crippen LogP contribution in [0.2, 0.25) is 0 Å². The van der Waals surface area contributed by atoms with Crippen molar-refractivity contribution in [1.82, 2.24) is 10.2 Å². The second-order valence-corrected chi connectivity index (χ2v) is 4.83. The summed E-state index contributed by atoms with van der Waals surface area (Å²) in [6.07, 6.45) is 6.12. The lowest BCUT2D eigenvalue weighted by molar-refractivity contribution is -0.120. The number of likely N-dealkylation sites (tertiary alicyclic amines) is 1. The maximum atomic E-state index is 10.9. The quantitative estimate of drug-likeness (QED) is 0.767. The van der Waals surface area contributed by atoms with Crippen molar-refractivity contribution in [3.8, 4) is 0 Å². The van der Waals surface area contributed by atoms with Gasteiger partial charge >= 0.3 is 0 Å². The molecule has 0 aromatic carbocycles. The Bertz CT molecular complexity index is 231. The van der Waals surface area contributed by atoms with Gasteiger partial charge in [0, 0.05) is 32.7 Å². The summed E-state index contributed by atoms with van der Waals surface area (Å²) < 4.78 is 5.77. The predicted molar refractivity (Wildman–Crippen MR) is 62.0 cm³/mol. The van der Waals surface area contributed by atoms with Crippen LogP contribution in [0.15, 0.2) is 0 Å². The Morgan fingerprint density at radius 1 is 1.25 bits per heavy atom. The van der Waals surface area contributed by atoms with Gasteiger partial charge < -0.3 is 10.1 Å². The second kappa shape index (κ2) is 5.64. The zero-order valence-electron chi connectivity index (χ0n) is 10.1. The van der Waals surface area contributed by atoms with Crippen molar-refractivity contribution in [3.05, 3.63) is 0 Å². The third-order valence-electron chi connectivity index (χ3n) is 3.50. The zero-order chi connectivity index (χ0) is 11.4. The number of carbonyl (C=O) groups is 1. The first-order chi connectivity index (χ1) is 7.75. The topological polar surface area (TPSA) is 41.6 Å². The monoisotopic (exact) mass is 226 g/mol. The molecule has 0 saturated carbocycles. The summed E-state index contributed by atoms with van der Waals surface area (Å²) >= 11 is 0. The molecule has 2 aliphatic rings. The Kier molecular flexibility index (Phi) is 4.18. The van der Waals surface area contributed by atoms with Gasteiger partial charge in [0.2, 0.25) is 5.91 Å². The Labute approximate surface area is 97.3 Å². The van der Waals surface area contributed by atoms with Gasteiger partial charge in [0.1, 0.15) is 6.23 Å². The molecule has 1 unspecified atom stereocenters. The minimum Gasteiger partial charge on any atom is -0.363 e. The summed E-state index contributed by atoms with van der Waals surface area (Å²) in [4.78, 5) is 13.4. The first kappa shape index (κ1) is 11.9. The smallest absolute Gasteiger partial charge is 0.217 e. The van der Waals surface area contributed by atoms with Crippen molar-refractivity contribution in [1.29, 1.82) is 0 Å². The third-order valence-corrected chi connectivity index (χ3v) is 3.50. The first-order valence-electron chi connectivity index (χ1n) is 6.38. The molecule has 1 N–H and O–H groups in total. The van der Waals surface area contributed by atoms with Crippen LogP contribution in [0.1, 0.15) is 39.0 Å². The predicted octanol–water partition coefficient (Wildman–Crippen LogP) is 1.11. The molecular weight excluding hydrogens is 204 g/mol. The van der Waals surface area contributed by atoms with Crippen LogP contribution in [0.5, 0.6) is 0 Å². The molecule has 0 aromatic heterocycles. The Balaban J connectivity index is 1.73. The fraction of sp³-hybridized carbons (Fsp3) is 0.917. The lowest BCUT2D eigenvalue weighted by atomic mass is 10.0. The maximum Gasteiger partial charge on any atom is 0.217 e. The molecule has 0 aliphatic carbocycles. The summed E-state index contributed by atoms with van der Waals surface area (Å²) in [5, 5.41) is 3.00. The molecule has 4 heteroatoms. The molecule has 92 valence electrons. The van der Waals surface area contributed by atoms with Gasteiger partial charge in [0.25, 0.3) is 0 Å². The fourth-order valence-electron chi connectivity index (χ4n) is 2.63. The molecule has 2 rings (SSSR count). The summed E-state index contributed by atoms with van der Waals surface area (Å²) in [5.41, 5.74) is 0. The van der Waals surface area contributed by atoms with Crippen molar-refractivity contribution in [3.63, 3.8) is 0 Å². The molecule has 0 radical (unpaired) electrons. The molecule has 0 bridgehead atoms. The van der Waals surface area contributed by atoms with E-state index in [0.29, 0.717) is 12.3 Å². The number of piperidine rings is 1. The van der Waals surface area contributed by atoms with Crippen LogP contribution in [-0.4, -0.2) is 42.8 Å². The van der Waals surface area contributed by atoms with E-state index >= 15 is 0 Å². The van der Waals surface area contributed by atoms with E-state index in [-0.39, 0.29) is 5.91 Å². The number of carbonyl (C=O) groups excluding carboxylic acids is 1. The molecule has 16 heavy (non-hydrogen) atoms. The average molecular weight is 226 g/mol. The van der Waals surface area contributed by atoms with Crippen LogP contribution in [0.3, 0.4) is 0 Å². The van der Waals surface area contributed by atoms with Gasteiger partial charge in [-0.2, -0.15) is 0 Å². The number of hydrogen-bond acceptors (Lipinski definition) is 3. The largest absolute Gasteiger partial charge is 0.363 e. The number of amides is 1. The van der Waals surface area contributed by atoms with E-state index in [1.807, 2.05) is 0 Å². The highest BCUT2D eigenvalue weighted by Gasteiger charge is 2.26. The lowest BCUT2D eigenvalue weighted by Crippen LogP contribution is -2.49. The number of rotatable bonds is 2. The summed E-state index contributed by atoms with van der Waals surface area (Å²) in [7, 11) is 0. The normalized spacial score (nSPS) is 28.9. The van der Waals surface area contributed by atoms with Crippen molar-refractivity contribution < 1.29 is 9.53 Å². The Morgan fingerprint density at radius 3 is 2.56 bits per heavy atom. The van der Waals surface area contributed by atoms with Gasteiger partial charge in [-0.1, -0.05) is 0 Å². The second-order valence-electron chi connectivity index (χ2n) is 4.83. The van der Waals surface area contributed by atoms with Crippen LogP contribution < -0.4 is 5.32 Å². The highest BCUT2D eigenvalue weighted by Crippen LogP contribution is 2.20. The molecule has 2 heterocycles. The number of ether oxygens (including phenoxy) is 1. The summed E-state index contributed by atoms with van der Waals surface area (Å²) in [6.45, 7) is 4.61. The number of nitrogens with one attached hydrogen (secondary N) is 1. The highest BCUT2D eigenvalue weighted by molar-refractivity contribution is 5.73. The van der Waals surface area contributed by atoms with Crippen molar-refractivity contribution in [2.24, 2.45) is 0 Å². The van der Waals surface area contributed by atoms with Gasteiger partial charge in [-0.25, -0.2) is 0 Å². The third kappa shape index (κ3) is 3.19. The molecule has 1 atom stereocenters. The number of nitrogens with zero attached hydrogens (tertiary/aromatic N) is 1. The Morgan fingerprint density at radius 2 is 2.00 bits per heavy atom. The van der Waals surface area contributed by atoms with Crippen LogP contribution in [0, 0.1) is 0 Å². The van der Waals surface area contributed by atoms with Crippen LogP contribution in [0.25, 0.3) is 0 Å². The van der Waals surface area contributed by atoms with E-state index in [4.69, 9.17) is 4.74 Å².